The Morgan fingerprint density at radius 3 is 2.54 bits per heavy atom. The molecule has 0 saturated heterocycles. The van der Waals surface area contributed by atoms with Crippen LogP contribution in [0.25, 0.3) is 0 Å². The number of aromatic hydroxyl groups is 1. The van der Waals surface area contributed by atoms with Crippen LogP contribution >= 0.6 is 11.3 Å². The molecule has 0 bridgehead atoms. The van der Waals surface area contributed by atoms with Crippen molar-refractivity contribution in [1.29, 1.82) is 0 Å². The van der Waals surface area contributed by atoms with Crippen molar-refractivity contribution in [2.24, 2.45) is 10.2 Å². The maximum absolute atomic E-state index is 10.2. The first-order valence-corrected chi connectivity index (χ1v) is 9.36. The van der Waals surface area contributed by atoms with E-state index >= 15 is 0 Å². The van der Waals surface area contributed by atoms with Crippen molar-refractivity contribution in [3.05, 3.63) is 23.2 Å². The molecule has 7 heteroatoms. The van der Waals surface area contributed by atoms with Crippen LogP contribution in [0.1, 0.15) is 50.5 Å². The number of anilines is 1. The van der Waals surface area contributed by atoms with Crippen LogP contribution in [0.4, 0.5) is 16.5 Å². The van der Waals surface area contributed by atoms with Gasteiger partial charge in [-0.15, -0.1) is 20.4 Å². The van der Waals surface area contributed by atoms with E-state index in [9.17, 15) is 5.11 Å². The van der Waals surface area contributed by atoms with Crippen LogP contribution in [0, 0.1) is 0 Å². The van der Waals surface area contributed by atoms with Gasteiger partial charge in [0, 0.05) is 30.8 Å². The lowest BCUT2D eigenvalue weighted by atomic mass is 10.2. The van der Waals surface area contributed by atoms with E-state index in [0.29, 0.717) is 16.7 Å². The summed E-state index contributed by atoms with van der Waals surface area (Å²) in [5, 5.41) is 28.2. The SMILES string of the molecule is CCCN(CCC)c1ccc(N=Nc2nnc(C3CC3)s2)c(O)c1. The molecule has 1 aromatic carbocycles. The lowest BCUT2D eigenvalue weighted by Crippen LogP contribution is -2.24. The fraction of sp³-hybridized carbons (Fsp3) is 0.529. The Labute approximate surface area is 146 Å². The van der Waals surface area contributed by atoms with Crippen LogP contribution in [0.5, 0.6) is 5.75 Å². The lowest BCUT2D eigenvalue weighted by molar-refractivity contribution is 0.476. The molecule has 1 aromatic heterocycles. The summed E-state index contributed by atoms with van der Waals surface area (Å²) in [5.74, 6) is 0.711. The summed E-state index contributed by atoms with van der Waals surface area (Å²) in [4.78, 5) is 2.27. The summed E-state index contributed by atoms with van der Waals surface area (Å²) in [7, 11) is 0. The van der Waals surface area contributed by atoms with Gasteiger partial charge in [-0.25, -0.2) is 0 Å². The third-order valence-corrected chi connectivity index (χ3v) is 4.88. The van der Waals surface area contributed by atoms with Crippen LogP contribution in [-0.2, 0) is 0 Å². The Bertz CT molecular complexity index is 705. The van der Waals surface area contributed by atoms with Gasteiger partial charge in [0.1, 0.15) is 16.4 Å². The maximum Gasteiger partial charge on any atom is 0.251 e. The van der Waals surface area contributed by atoms with Gasteiger partial charge in [-0.3, -0.25) is 0 Å². The number of benzene rings is 1. The van der Waals surface area contributed by atoms with E-state index in [-0.39, 0.29) is 5.75 Å². The molecule has 0 unspecified atom stereocenters. The fourth-order valence-electron chi connectivity index (χ4n) is 2.56. The van der Waals surface area contributed by atoms with E-state index < -0.39 is 0 Å². The molecule has 6 nitrogen and oxygen atoms in total. The van der Waals surface area contributed by atoms with Gasteiger partial charge in [0.2, 0.25) is 0 Å². The minimum absolute atomic E-state index is 0.139. The molecule has 128 valence electrons. The number of nitrogens with zero attached hydrogens (tertiary/aromatic N) is 5. The van der Waals surface area contributed by atoms with Gasteiger partial charge >= 0.3 is 0 Å². The number of phenolic OH excluding ortho intramolecular Hbond substituents is 1. The van der Waals surface area contributed by atoms with Crippen molar-refractivity contribution in [3.63, 3.8) is 0 Å². The van der Waals surface area contributed by atoms with Crippen molar-refractivity contribution < 1.29 is 5.11 Å². The molecule has 2 aromatic rings. The normalized spacial score (nSPS) is 14.4. The first-order valence-electron chi connectivity index (χ1n) is 8.54. The van der Waals surface area contributed by atoms with Crippen LogP contribution in [0.3, 0.4) is 0 Å². The highest BCUT2D eigenvalue weighted by atomic mass is 32.1. The largest absolute Gasteiger partial charge is 0.506 e. The predicted molar refractivity (Wildman–Crippen MR) is 97.0 cm³/mol. The van der Waals surface area contributed by atoms with Crippen LogP contribution in [0.15, 0.2) is 28.4 Å². The Morgan fingerprint density at radius 2 is 1.92 bits per heavy atom. The highest BCUT2D eigenvalue weighted by molar-refractivity contribution is 7.15. The Kier molecular flexibility index (Phi) is 5.40. The molecule has 1 saturated carbocycles. The Balaban J connectivity index is 1.72. The van der Waals surface area contributed by atoms with Crippen LogP contribution in [0.2, 0.25) is 0 Å². The number of azo groups is 1. The standard InChI is InChI=1S/C17H23N5OS/c1-3-9-22(10-4-2)13-7-8-14(15(23)11-13)18-20-17-21-19-16(24-17)12-5-6-12/h7-8,11-12,23H,3-6,9-10H2,1-2H3. The molecule has 1 fully saturated rings. The second kappa shape index (κ2) is 7.70. The number of hydrogen-bond donors (Lipinski definition) is 1. The molecule has 0 amide bonds. The van der Waals surface area contributed by atoms with Crippen molar-refractivity contribution in [1.82, 2.24) is 10.2 Å². The first-order chi connectivity index (χ1) is 11.7. The van der Waals surface area contributed by atoms with Gasteiger partial charge in [0.05, 0.1) is 0 Å². The Morgan fingerprint density at radius 1 is 1.17 bits per heavy atom. The van der Waals surface area contributed by atoms with Crippen LogP contribution < -0.4 is 4.90 Å². The molecular weight excluding hydrogens is 322 g/mol. The second-order valence-electron chi connectivity index (χ2n) is 6.06. The third-order valence-electron chi connectivity index (χ3n) is 3.91. The fourth-order valence-corrected chi connectivity index (χ4v) is 3.40. The van der Waals surface area contributed by atoms with E-state index in [1.54, 1.807) is 12.1 Å². The van der Waals surface area contributed by atoms with Gasteiger partial charge in [-0.05, 0) is 37.8 Å². The second-order valence-corrected chi connectivity index (χ2v) is 7.04. The van der Waals surface area contributed by atoms with E-state index in [1.807, 2.05) is 6.07 Å². The highest BCUT2D eigenvalue weighted by Crippen LogP contribution is 2.42. The molecule has 1 N–H and O–H groups in total. The molecule has 0 atom stereocenters. The van der Waals surface area contributed by atoms with Gasteiger partial charge in [0.25, 0.3) is 5.13 Å². The minimum atomic E-state index is 0.139. The molecule has 3 rings (SSSR count). The summed E-state index contributed by atoms with van der Waals surface area (Å²) >= 11 is 1.48. The molecule has 0 aliphatic heterocycles. The zero-order valence-electron chi connectivity index (χ0n) is 14.1. The molecular formula is C17H23N5OS. The molecule has 0 radical (unpaired) electrons. The summed E-state index contributed by atoms with van der Waals surface area (Å²) in [6.45, 7) is 6.26. The van der Waals surface area contributed by atoms with Crippen molar-refractivity contribution in [2.75, 3.05) is 18.0 Å². The third kappa shape index (κ3) is 4.08. The first kappa shape index (κ1) is 16.8. The zero-order valence-corrected chi connectivity index (χ0v) is 15.0. The summed E-state index contributed by atoms with van der Waals surface area (Å²) in [6, 6.07) is 5.54. The van der Waals surface area contributed by atoms with E-state index in [2.05, 4.69) is 39.2 Å². The van der Waals surface area contributed by atoms with E-state index in [0.717, 1.165) is 36.6 Å². The van der Waals surface area contributed by atoms with E-state index in [4.69, 9.17) is 0 Å². The number of hydrogen-bond acceptors (Lipinski definition) is 7. The van der Waals surface area contributed by atoms with Crippen molar-refractivity contribution >= 4 is 27.8 Å². The topological polar surface area (TPSA) is 74.0 Å². The monoisotopic (exact) mass is 345 g/mol. The van der Waals surface area contributed by atoms with Crippen molar-refractivity contribution in [3.8, 4) is 5.75 Å². The summed E-state index contributed by atoms with van der Waals surface area (Å²) < 4.78 is 0. The van der Waals surface area contributed by atoms with Crippen molar-refractivity contribution in [2.45, 2.75) is 45.4 Å². The molecule has 0 spiro atoms. The smallest absolute Gasteiger partial charge is 0.251 e. The van der Waals surface area contributed by atoms with Gasteiger partial charge in [0.15, 0.2) is 0 Å². The average molecular weight is 345 g/mol. The number of phenols is 1. The average Bonchev–Trinajstić information content (AvgIpc) is 3.32. The lowest BCUT2D eigenvalue weighted by Gasteiger charge is -2.24. The molecule has 1 aliphatic carbocycles. The molecule has 1 aliphatic rings. The van der Waals surface area contributed by atoms with Gasteiger partial charge in [-0.2, -0.15) is 0 Å². The van der Waals surface area contributed by atoms with Gasteiger partial charge < -0.3 is 10.0 Å². The van der Waals surface area contributed by atoms with Crippen LogP contribution in [-0.4, -0.2) is 28.4 Å². The number of aromatic nitrogens is 2. The van der Waals surface area contributed by atoms with Gasteiger partial charge in [-0.1, -0.05) is 25.2 Å². The quantitative estimate of drug-likeness (QED) is 0.670. The maximum atomic E-state index is 10.2. The summed E-state index contributed by atoms with van der Waals surface area (Å²) in [6.07, 6.45) is 4.53. The highest BCUT2D eigenvalue weighted by Gasteiger charge is 2.27. The summed E-state index contributed by atoms with van der Waals surface area (Å²) in [5.41, 5.74) is 1.47. The minimum Gasteiger partial charge on any atom is -0.506 e. The molecule has 1 heterocycles. The van der Waals surface area contributed by atoms with E-state index in [1.165, 1.54) is 24.2 Å². The predicted octanol–water partition coefficient (Wildman–Crippen LogP) is 5.16. The molecule has 24 heavy (non-hydrogen) atoms. The number of rotatable bonds is 8. The zero-order chi connectivity index (χ0) is 16.9. The Hall–Kier alpha value is -2.02.